The smallest absolute Gasteiger partial charge is 0.211 e. The summed E-state index contributed by atoms with van der Waals surface area (Å²) in [6.45, 7) is 8.58. The zero-order valence-electron chi connectivity index (χ0n) is 16.4. The Hall–Kier alpha value is -0.870. The largest absolute Gasteiger partial charge is 0.356 e. The van der Waals surface area contributed by atoms with Crippen LogP contribution in [-0.4, -0.2) is 58.2 Å². The summed E-state index contributed by atoms with van der Waals surface area (Å²) >= 11 is 0. The van der Waals surface area contributed by atoms with E-state index in [4.69, 9.17) is 0 Å². The van der Waals surface area contributed by atoms with Crippen molar-refractivity contribution in [1.82, 2.24) is 14.9 Å². The number of hydrogen-bond acceptors (Lipinski definition) is 3. The first-order chi connectivity index (χ1) is 11.8. The molecule has 1 rings (SSSR count). The van der Waals surface area contributed by atoms with Crippen molar-refractivity contribution in [2.24, 2.45) is 4.99 Å². The molecule has 6 nitrogen and oxygen atoms in total. The van der Waals surface area contributed by atoms with Crippen molar-refractivity contribution < 1.29 is 8.42 Å². The van der Waals surface area contributed by atoms with Gasteiger partial charge in [-0.15, -0.1) is 24.0 Å². The molecule has 0 saturated heterocycles. The summed E-state index contributed by atoms with van der Waals surface area (Å²) < 4.78 is 24.6. The predicted octanol–water partition coefficient (Wildman–Crippen LogP) is 2.55. The molecule has 8 heteroatoms. The lowest BCUT2D eigenvalue weighted by molar-refractivity contribution is 0.424. The summed E-state index contributed by atoms with van der Waals surface area (Å²) in [6.07, 6.45) is 1.98. The maximum Gasteiger partial charge on any atom is 0.211 e. The quantitative estimate of drug-likeness (QED) is 0.239. The molecule has 0 radical (unpaired) electrons. The van der Waals surface area contributed by atoms with Crippen LogP contribution in [0.15, 0.2) is 29.3 Å². The Morgan fingerprint density at radius 2 is 1.85 bits per heavy atom. The number of halogens is 1. The molecule has 1 aromatic rings. The van der Waals surface area contributed by atoms with E-state index in [1.807, 2.05) is 6.92 Å². The van der Waals surface area contributed by atoms with Crippen LogP contribution in [0.5, 0.6) is 0 Å². The molecule has 26 heavy (non-hydrogen) atoms. The van der Waals surface area contributed by atoms with Gasteiger partial charge in [-0.25, -0.2) is 12.7 Å². The molecule has 0 aliphatic heterocycles. The number of guanidine groups is 1. The molecule has 0 fully saturated rings. The molecular weight excluding hydrogens is 463 g/mol. The molecule has 2 N–H and O–H groups in total. The minimum Gasteiger partial charge on any atom is -0.356 e. The van der Waals surface area contributed by atoms with Crippen molar-refractivity contribution in [3.8, 4) is 0 Å². The van der Waals surface area contributed by atoms with Crippen LogP contribution in [0, 0.1) is 6.92 Å². The predicted molar refractivity (Wildman–Crippen MR) is 121 cm³/mol. The van der Waals surface area contributed by atoms with Gasteiger partial charge in [-0.2, -0.15) is 0 Å². The van der Waals surface area contributed by atoms with Crippen molar-refractivity contribution >= 4 is 40.0 Å². The molecule has 1 unspecified atom stereocenters. The lowest BCUT2D eigenvalue weighted by atomic mass is 10.0. The minimum absolute atomic E-state index is 0. The second-order valence-electron chi connectivity index (χ2n) is 6.30. The minimum atomic E-state index is -3.12. The molecule has 0 heterocycles. The Morgan fingerprint density at radius 3 is 2.35 bits per heavy atom. The molecule has 0 aromatic heterocycles. The van der Waals surface area contributed by atoms with E-state index in [2.05, 4.69) is 53.7 Å². The first kappa shape index (κ1) is 25.1. The number of benzene rings is 1. The summed E-state index contributed by atoms with van der Waals surface area (Å²) in [7, 11) is -1.38. The van der Waals surface area contributed by atoms with Crippen molar-refractivity contribution in [2.45, 2.75) is 33.1 Å². The fraction of sp³-hybridized carbons (Fsp3) is 0.611. The maximum absolute atomic E-state index is 11.5. The van der Waals surface area contributed by atoms with Crippen LogP contribution >= 0.6 is 24.0 Å². The van der Waals surface area contributed by atoms with Gasteiger partial charge < -0.3 is 10.6 Å². The van der Waals surface area contributed by atoms with Gasteiger partial charge >= 0.3 is 0 Å². The average Bonchev–Trinajstić information content (AvgIpc) is 2.56. The fourth-order valence-electron chi connectivity index (χ4n) is 2.50. The van der Waals surface area contributed by atoms with Gasteiger partial charge in [0.05, 0.1) is 6.26 Å². The molecule has 0 amide bonds. The molecule has 1 atom stereocenters. The van der Waals surface area contributed by atoms with Gasteiger partial charge in [0.2, 0.25) is 10.0 Å². The first-order valence-corrected chi connectivity index (χ1v) is 10.6. The van der Waals surface area contributed by atoms with E-state index in [9.17, 15) is 8.42 Å². The summed E-state index contributed by atoms with van der Waals surface area (Å²) in [4.78, 5) is 4.22. The monoisotopic (exact) mass is 496 g/mol. The van der Waals surface area contributed by atoms with Crippen molar-refractivity contribution in [2.75, 3.05) is 39.5 Å². The second kappa shape index (κ2) is 12.5. The van der Waals surface area contributed by atoms with Gasteiger partial charge in [-0.1, -0.05) is 43.7 Å². The highest BCUT2D eigenvalue weighted by molar-refractivity contribution is 14.0. The molecule has 150 valence electrons. The standard InChI is InChI=1S/C18H32N4O2S.HI/c1-6-22(25(5,23)24)13-7-12-20-18(19-4)21-14-16(3)17-10-8-15(2)9-11-17;/h8-11,16H,6-7,12-14H2,1-5H3,(H2,19,20,21);1H. The van der Waals surface area contributed by atoms with Crippen LogP contribution in [0.25, 0.3) is 0 Å². The topological polar surface area (TPSA) is 73.8 Å². The maximum atomic E-state index is 11.5. The lowest BCUT2D eigenvalue weighted by Crippen LogP contribution is -2.40. The highest BCUT2D eigenvalue weighted by Crippen LogP contribution is 2.14. The Labute approximate surface area is 175 Å². The summed E-state index contributed by atoms with van der Waals surface area (Å²) in [5.41, 5.74) is 2.55. The molecule has 0 aliphatic rings. The summed E-state index contributed by atoms with van der Waals surface area (Å²) in [5, 5.41) is 6.56. The van der Waals surface area contributed by atoms with Crippen molar-refractivity contribution in [3.63, 3.8) is 0 Å². The highest BCUT2D eigenvalue weighted by Gasteiger charge is 2.13. The third-order valence-electron chi connectivity index (χ3n) is 4.14. The molecule has 1 aromatic carbocycles. The van der Waals surface area contributed by atoms with Gasteiger partial charge in [-0.05, 0) is 24.8 Å². The van der Waals surface area contributed by atoms with Crippen LogP contribution in [0.4, 0.5) is 0 Å². The fourth-order valence-corrected chi connectivity index (χ4v) is 3.43. The van der Waals surface area contributed by atoms with E-state index in [0.29, 0.717) is 25.6 Å². The molecular formula is C18H33IN4O2S. The zero-order valence-corrected chi connectivity index (χ0v) is 19.6. The van der Waals surface area contributed by atoms with Crippen LogP contribution in [0.3, 0.4) is 0 Å². The Bertz CT molecular complexity index is 648. The van der Waals surface area contributed by atoms with Gasteiger partial charge in [0.15, 0.2) is 5.96 Å². The number of rotatable bonds is 9. The number of aryl methyl sites for hydroxylation is 1. The van der Waals surface area contributed by atoms with Crippen LogP contribution < -0.4 is 10.6 Å². The SMILES string of the molecule is CCN(CCCNC(=NC)NCC(C)c1ccc(C)cc1)S(C)(=O)=O.I. The number of nitrogens with zero attached hydrogens (tertiary/aromatic N) is 2. The molecule has 0 aliphatic carbocycles. The van der Waals surface area contributed by atoms with Crippen LogP contribution in [-0.2, 0) is 10.0 Å². The Kier molecular flexibility index (Phi) is 12.1. The highest BCUT2D eigenvalue weighted by atomic mass is 127. The third-order valence-corrected chi connectivity index (χ3v) is 5.52. The summed E-state index contributed by atoms with van der Waals surface area (Å²) in [5.74, 6) is 1.11. The van der Waals surface area contributed by atoms with E-state index >= 15 is 0 Å². The first-order valence-electron chi connectivity index (χ1n) is 8.74. The number of nitrogens with one attached hydrogen (secondary N) is 2. The second-order valence-corrected chi connectivity index (χ2v) is 8.28. The van der Waals surface area contributed by atoms with Gasteiger partial charge in [0.1, 0.15) is 0 Å². The van der Waals surface area contributed by atoms with E-state index < -0.39 is 10.0 Å². The van der Waals surface area contributed by atoms with Crippen molar-refractivity contribution in [3.05, 3.63) is 35.4 Å². The molecule has 0 bridgehead atoms. The van der Waals surface area contributed by atoms with E-state index in [1.54, 1.807) is 7.05 Å². The Morgan fingerprint density at radius 1 is 1.23 bits per heavy atom. The number of hydrogen-bond donors (Lipinski definition) is 2. The normalized spacial score (nSPS) is 13.2. The van der Waals surface area contributed by atoms with E-state index in [0.717, 1.165) is 18.9 Å². The van der Waals surface area contributed by atoms with E-state index in [1.165, 1.54) is 21.7 Å². The molecule has 0 saturated carbocycles. The Balaban J connectivity index is 0.00000625. The number of sulfonamides is 1. The van der Waals surface area contributed by atoms with Crippen LogP contribution in [0.2, 0.25) is 0 Å². The summed E-state index contributed by atoms with van der Waals surface area (Å²) in [6, 6.07) is 8.56. The van der Waals surface area contributed by atoms with Gasteiger partial charge in [0, 0.05) is 33.2 Å². The van der Waals surface area contributed by atoms with Gasteiger partial charge in [0.25, 0.3) is 0 Å². The average molecular weight is 496 g/mol. The third kappa shape index (κ3) is 9.18. The lowest BCUT2D eigenvalue weighted by Gasteiger charge is -2.19. The zero-order chi connectivity index (χ0) is 18.9. The molecule has 0 spiro atoms. The van der Waals surface area contributed by atoms with Crippen LogP contribution in [0.1, 0.15) is 37.3 Å². The number of aliphatic imine (C=N–C) groups is 1. The van der Waals surface area contributed by atoms with E-state index in [-0.39, 0.29) is 24.0 Å². The van der Waals surface area contributed by atoms with Gasteiger partial charge in [-0.3, -0.25) is 4.99 Å². The van der Waals surface area contributed by atoms with Crippen molar-refractivity contribution in [1.29, 1.82) is 0 Å².